The molecule has 0 fully saturated rings. The molecule has 4 heteroatoms. The monoisotopic (exact) mass is 211 g/mol. The van der Waals surface area contributed by atoms with Crippen LogP contribution in [0.5, 0.6) is 11.5 Å². The van der Waals surface area contributed by atoms with E-state index in [1.165, 1.54) is 6.07 Å². The van der Waals surface area contributed by atoms with Crippen LogP contribution in [0, 0.1) is 6.92 Å². The molecule has 4 nitrogen and oxygen atoms in total. The van der Waals surface area contributed by atoms with Crippen LogP contribution in [0.15, 0.2) is 12.1 Å². The lowest BCUT2D eigenvalue weighted by molar-refractivity contribution is 0.173. The van der Waals surface area contributed by atoms with Crippen LogP contribution in [-0.2, 0) is 0 Å². The molecule has 0 saturated heterocycles. The molecule has 1 atom stereocenters. The summed E-state index contributed by atoms with van der Waals surface area (Å²) in [6.07, 6.45) is -0.684. The maximum absolute atomic E-state index is 9.79. The number of aliphatic hydroxyl groups is 1. The zero-order valence-electron chi connectivity index (χ0n) is 9.24. The summed E-state index contributed by atoms with van der Waals surface area (Å²) in [4.78, 5) is 0. The quantitative estimate of drug-likeness (QED) is 0.694. The van der Waals surface area contributed by atoms with Crippen molar-refractivity contribution in [3.8, 4) is 11.5 Å². The molecule has 15 heavy (non-hydrogen) atoms. The minimum Gasteiger partial charge on any atom is -0.508 e. The maximum Gasteiger partial charge on any atom is 0.125 e. The summed E-state index contributed by atoms with van der Waals surface area (Å²) in [5.74, 6) is 0.758. The molecule has 1 aromatic rings. The first kappa shape index (κ1) is 11.8. The van der Waals surface area contributed by atoms with E-state index in [9.17, 15) is 10.2 Å². The van der Waals surface area contributed by atoms with Gasteiger partial charge in [-0.3, -0.25) is 0 Å². The lowest BCUT2D eigenvalue weighted by Crippen LogP contribution is -2.17. The first-order valence-corrected chi connectivity index (χ1v) is 4.80. The Balaban J connectivity index is 3.09. The van der Waals surface area contributed by atoms with Crippen molar-refractivity contribution in [2.45, 2.75) is 13.0 Å². The fourth-order valence-corrected chi connectivity index (χ4v) is 1.43. The Bertz CT molecular complexity index is 339. The van der Waals surface area contributed by atoms with Crippen LogP contribution in [0.4, 0.5) is 0 Å². The summed E-state index contributed by atoms with van der Waals surface area (Å²) in [5, 5.41) is 22.2. The Morgan fingerprint density at radius 2 is 2.13 bits per heavy atom. The van der Waals surface area contributed by atoms with E-state index in [1.807, 2.05) is 0 Å². The molecule has 0 aliphatic heterocycles. The zero-order valence-corrected chi connectivity index (χ0v) is 9.24. The van der Waals surface area contributed by atoms with E-state index < -0.39 is 6.10 Å². The van der Waals surface area contributed by atoms with E-state index in [2.05, 4.69) is 5.32 Å². The average molecular weight is 211 g/mol. The van der Waals surface area contributed by atoms with Gasteiger partial charge in [-0.05, 0) is 31.7 Å². The second-order valence-corrected chi connectivity index (χ2v) is 3.45. The highest BCUT2D eigenvalue weighted by Crippen LogP contribution is 2.31. The first-order chi connectivity index (χ1) is 7.10. The molecule has 84 valence electrons. The molecule has 0 amide bonds. The van der Waals surface area contributed by atoms with E-state index in [0.29, 0.717) is 17.9 Å². The summed E-state index contributed by atoms with van der Waals surface area (Å²) in [7, 11) is 3.30. The standard InChI is InChI=1S/C11H17NO3/c1-7-4-11(15-3)8(5-9(7)13)10(14)6-12-2/h4-5,10,12-14H,6H2,1-3H3. The molecule has 0 heterocycles. The number of phenols is 1. The van der Waals surface area contributed by atoms with Crippen LogP contribution >= 0.6 is 0 Å². The lowest BCUT2D eigenvalue weighted by atomic mass is 10.0. The van der Waals surface area contributed by atoms with Crippen LogP contribution in [0.2, 0.25) is 0 Å². The van der Waals surface area contributed by atoms with Gasteiger partial charge in [0.05, 0.1) is 13.2 Å². The highest BCUT2D eigenvalue weighted by molar-refractivity contribution is 5.46. The van der Waals surface area contributed by atoms with Gasteiger partial charge < -0.3 is 20.3 Å². The molecular weight excluding hydrogens is 194 g/mol. The second-order valence-electron chi connectivity index (χ2n) is 3.45. The van der Waals surface area contributed by atoms with Crippen LogP contribution < -0.4 is 10.1 Å². The number of rotatable bonds is 4. The summed E-state index contributed by atoms with van der Waals surface area (Å²) < 4.78 is 5.15. The predicted molar refractivity (Wildman–Crippen MR) is 58.3 cm³/mol. The van der Waals surface area contributed by atoms with E-state index in [1.54, 1.807) is 27.1 Å². The SMILES string of the molecule is CNCC(O)c1cc(O)c(C)cc1OC. The molecule has 3 N–H and O–H groups in total. The van der Waals surface area contributed by atoms with Crippen molar-refractivity contribution in [1.29, 1.82) is 0 Å². The van der Waals surface area contributed by atoms with Crippen molar-refractivity contribution in [3.63, 3.8) is 0 Å². The summed E-state index contributed by atoms with van der Waals surface area (Å²) in [5.41, 5.74) is 1.32. The number of aromatic hydroxyl groups is 1. The van der Waals surface area contributed by atoms with Gasteiger partial charge in [-0.2, -0.15) is 0 Å². The minimum atomic E-state index is -0.684. The largest absolute Gasteiger partial charge is 0.508 e. The van der Waals surface area contributed by atoms with Gasteiger partial charge in [0.15, 0.2) is 0 Å². The van der Waals surface area contributed by atoms with Crippen molar-refractivity contribution in [1.82, 2.24) is 5.32 Å². The van der Waals surface area contributed by atoms with E-state index >= 15 is 0 Å². The van der Waals surface area contributed by atoms with Gasteiger partial charge in [0.2, 0.25) is 0 Å². The van der Waals surface area contributed by atoms with Crippen molar-refractivity contribution >= 4 is 0 Å². The number of hydrogen-bond acceptors (Lipinski definition) is 4. The molecule has 1 aromatic carbocycles. The molecule has 0 aliphatic carbocycles. The van der Waals surface area contributed by atoms with Crippen molar-refractivity contribution in [2.75, 3.05) is 20.7 Å². The van der Waals surface area contributed by atoms with Gasteiger partial charge in [-0.25, -0.2) is 0 Å². The van der Waals surface area contributed by atoms with Crippen molar-refractivity contribution < 1.29 is 14.9 Å². The van der Waals surface area contributed by atoms with Crippen molar-refractivity contribution in [2.24, 2.45) is 0 Å². The number of likely N-dealkylation sites (N-methyl/N-ethyl adjacent to an activating group) is 1. The third-order valence-electron chi connectivity index (χ3n) is 2.30. The van der Waals surface area contributed by atoms with E-state index in [0.717, 1.165) is 5.56 Å². The second kappa shape index (κ2) is 5.00. The molecule has 0 bridgehead atoms. The summed E-state index contributed by atoms with van der Waals surface area (Å²) in [6, 6.07) is 3.25. The van der Waals surface area contributed by atoms with Gasteiger partial charge in [0.25, 0.3) is 0 Å². The average Bonchev–Trinajstić information content (AvgIpc) is 2.21. The molecule has 0 radical (unpaired) electrons. The van der Waals surface area contributed by atoms with Crippen LogP contribution in [0.1, 0.15) is 17.2 Å². The van der Waals surface area contributed by atoms with Crippen LogP contribution in [0.25, 0.3) is 0 Å². The van der Waals surface area contributed by atoms with Crippen LogP contribution in [0.3, 0.4) is 0 Å². The Morgan fingerprint density at radius 1 is 1.47 bits per heavy atom. The molecule has 0 aromatic heterocycles. The van der Waals surface area contributed by atoms with Gasteiger partial charge in [0, 0.05) is 12.1 Å². The van der Waals surface area contributed by atoms with E-state index in [-0.39, 0.29) is 5.75 Å². The Kier molecular flexibility index (Phi) is 3.94. The Morgan fingerprint density at radius 3 is 2.67 bits per heavy atom. The summed E-state index contributed by atoms with van der Waals surface area (Å²) >= 11 is 0. The molecule has 0 aliphatic rings. The molecule has 1 rings (SSSR count). The fraction of sp³-hybridized carbons (Fsp3) is 0.455. The number of ether oxygens (including phenoxy) is 1. The third kappa shape index (κ3) is 2.61. The van der Waals surface area contributed by atoms with Crippen LogP contribution in [-0.4, -0.2) is 30.9 Å². The van der Waals surface area contributed by atoms with Gasteiger partial charge >= 0.3 is 0 Å². The smallest absolute Gasteiger partial charge is 0.125 e. The lowest BCUT2D eigenvalue weighted by Gasteiger charge is -2.15. The van der Waals surface area contributed by atoms with Crippen molar-refractivity contribution in [3.05, 3.63) is 23.3 Å². The minimum absolute atomic E-state index is 0.168. The first-order valence-electron chi connectivity index (χ1n) is 4.80. The highest BCUT2D eigenvalue weighted by Gasteiger charge is 2.14. The maximum atomic E-state index is 9.79. The molecule has 0 saturated carbocycles. The molecule has 1 unspecified atom stereocenters. The van der Waals surface area contributed by atoms with Gasteiger partial charge in [-0.15, -0.1) is 0 Å². The zero-order chi connectivity index (χ0) is 11.4. The summed E-state index contributed by atoms with van der Waals surface area (Å²) in [6.45, 7) is 2.20. The third-order valence-corrected chi connectivity index (χ3v) is 2.30. The van der Waals surface area contributed by atoms with Gasteiger partial charge in [-0.1, -0.05) is 0 Å². The Hall–Kier alpha value is -1.26. The normalized spacial score (nSPS) is 12.5. The molecular formula is C11H17NO3. The topological polar surface area (TPSA) is 61.7 Å². The fourth-order valence-electron chi connectivity index (χ4n) is 1.43. The number of nitrogens with one attached hydrogen (secondary N) is 1. The molecule has 0 spiro atoms. The Labute approximate surface area is 89.5 Å². The van der Waals surface area contributed by atoms with Gasteiger partial charge in [0.1, 0.15) is 11.5 Å². The van der Waals surface area contributed by atoms with E-state index in [4.69, 9.17) is 4.74 Å². The number of hydrogen-bond donors (Lipinski definition) is 3. The highest BCUT2D eigenvalue weighted by atomic mass is 16.5. The number of methoxy groups -OCH3 is 1. The number of aliphatic hydroxyl groups excluding tert-OH is 1. The number of benzene rings is 1. The number of aryl methyl sites for hydroxylation is 1. The predicted octanol–water partition coefficient (Wildman–Crippen LogP) is 0.962. The number of phenolic OH excluding ortho intramolecular Hbond substituents is 1.